The van der Waals surface area contributed by atoms with E-state index in [2.05, 4.69) is 79.1 Å². The van der Waals surface area contributed by atoms with Crippen LogP contribution in [0.1, 0.15) is 30.9 Å². The minimum atomic E-state index is 0.479. The molecule has 1 heterocycles. The highest BCUT2D eigenvalue weighted by atomic mass is 15.0. The van der Waals surface area contributed by atoms with Gasteiger partial charge in [-0.25, -0.2) is 0 Å². The van der Waals surface area contributed by atoms with Crippen LogP contribution < -0.4 is 0 Å². The lowest BCUT2D eigenvalue weighted by atomic mass is 10.0. The molecule has 3 aromatic carbocycles. The van der Waals surface area contributed by atoms with Crippen molar-refractivity contribution in [1.82, 2.24) is 4.57 Å². The van der Waals surface area contributed by atoms with Gasteiger partial charge in [-0.05, 0) is 41.8 Å². The molecular formula is C22H18N2. The van der Waals surface area contributed by atoms with Crippen LogP contribution in [-0.2, 0) is 0 Å². The Balaban J connectivity index is 2.12. The molecule has 0 unspecified atom stereocenters. The van der Waals surface area contributed by atoms with E-state index in [-0.39, 0.29) is 0 Å². The van der Waals surface area contributed by atoms with Gasteiger partial charge in [0.05, 0.1) is 22.7 Å². The third kappa shape index (κ3) is 2.18. The monoisotopic (exact) mass is 310 g/mol. The van der Waals surface area contributed by atoms with Gasteiger partial charge in [0.1, 0.15) is 0 Å². The quantitative estimate of drug-likeness (QED) is 0.461. The standard InChI is InChI=1S/C22H18N2/c1-15(2)17-6-5-7-18(13-17)24-21-9-4-3-8-19(21)20-11-10-16(14-23)12-22(20)24/h3-13,15H,1-2H3. The molecule has 0 fully saturated rings. The first-order valence-corrected chi connectivity index (χ1v) is 8.22. The summed E-state index contributed by atoms with van der Waals surface area (Å²) in [6.07, 6.45) is 0. The molecule has 0 amide bonds. The first-order chi connectivity index (χ1) is 11.7. The smallest absolute Gasteiger partial charge is 0.0992 e. The molecule has 0 aliphatic carbocycles. The Morgan fingerprint density at radius 2 is 1.62 bits per heavy atom. The highest BCUT2D eigenvalue weighted by Gasteiger charge is 2.13. The van der Waals surface area contributed by atoms with Crippen LogP contribution in [0.5, 0.6) is 0 Å². The summed E-state index contributed by atoms with van der Waals surface area (Å²) >= 11 is 0. The van der Waals surface area contributed by atoms with E-state index in [1.54, 1.807) is 0 Å². The maximum Gasteiger partial charge on any atom is 0.0992 e. The topological polar surface area (TPSA) is 28.7 Å². The lowest BCUT2D eigenvalue weighted by Gasteiger charge is -2.11. The largest absolute Gasteiger partial charge is 0.309 e. The molecule has 2 nitrogen and oxygen atoms in total. The molecule has 0 radical (unpaired) electrons. The number of fused-ring (bicyclic) bond motifs is 3. The number of nitrogens with zero attached hydrogens (tertiary/aromatic N) is 2. The van der Waals surface area contributed by atoms with Gasteiger partial charge in [-0.3, -0.25) is 0 Å². The van der Waals surface area contributed by atoms with E-state index in [9.17, 15) is 5.26 Å². The number of rotatable bonds is 2. The van der Waals surface area contributed by atoms with Gasteiger partial charge in [0, 0.05) is 16.5 Å². The number of benzene rings is 3. The molecule has 4 rings (SSSR count). The third-order valence-corrected chi connectivity index (χ3v) is 4.60. The van der Waals surface area contributed by atoms with Crippen molar-refractivity contribution < 1.29 is 0 Å². The minimum Gasteiger partial charge on any atom is -0.309 e. The first-order valence-electron chi connectivity index (χ1n) is 8.22. The Bertz CT molecular complexity index is 1090. The minimum absolute atomic E-state index is 0.479. The first kappa shape index (κ1) is 14.5. The fraction of sp³-hybridized carbons (Fsp3) is 0.136. The molecule has 0 saturated carbocycles. The van der Waals surface area contributed by atoms with Crippen molar-refractivity contribution in [3.05, 3.63) is 77.9 Å². The zero-order chi connectivity index (χ0) is 16.7. The second-order valence-electron chi connectivity index (χ2n) is 6.45. The lowest BCUT2D eigenvalue weighted by molar-refractivity contribution is 0.864. The van der Waals surface area contributed by atoms with Gasteiger partial charge >= 0.3 is 0 Å². The Morgan fingerprint density at radius 3 is 2.42 bits per heavy atom. The van der Waals surface area contributed by atoms with Gasteiger partial charge in [0.15, 0.2) is 0 Å². The summed E-state index contributed by atoms with van der Waals surface area (Å²) in [6.45, 7) is 4.41. The molecule has 0 aliphatic rings. The third-order valence-electron chi connectivity index (χ3n) is 4.60. The van der Waals surface area contributed by atoms with Gasteiger partial charge in [-0.1, -0.05) is 50.2 Å². The van der Waals surface area contributed by atoms with E-state index in [4.69, 9.17) is 0 Å². The number of hydrogen-bond acceptors (Lipinski definition) is 1. The average Bonchev–Trinajstić information content (AvgIpc) is 2.95. The molecule has 0 aliphatic heterocycles. The van der Waals surface area contributed by atoms with E-state index in [0.717, 1.165) is 11.2 Å². The van der Waals surface area contributed by atoms with Crippen LogP contribution in [0.2, 0.25) is 0 Å². The predicted octanol–water partition coefficient (Wildman–Crippen LogP) is 5.78. The van der Waals surface area contributed by atoms with Crippen molar-refractivity contribution in [2.24, 2.45) is 0 Å². The molecule has 0 atom stereocenters. The highest BCUT2D eigenvalue weighted by Crippen LogP contribution is 2.33. The molecule has 1 aromatic heterocycles. The normalized spacial score (nSPS) is 11.2. The summed E-state index contributed by atoms with van der Waals surface area (Å²) < 4.78 is 2.26. The number of nitriles is 1. The van der Waals surface area contributed by atoms with E-state index in [0.29, 0.717) is 11.5 Å². The summed E-state index contributed by atoms with van der Waals surface area (Å²) in [7, 11) is 0. The lowest BCUT2D eigenvalue weighted by Crippen LogP contribution is -1.96. The van der Waals surface area contributed by atoms with Crippen LogP contribution in [0.25, 0.3) is 27.5 Å². The molecule has 4 aromatic rings. The van der Waals surface area contributed by atoms with Gasteiger partial charge in [-0.15, -0.1) is 0 Å². The Morgan fingerprint density at radius 1 is 0.833 bits per heavy atom. The van der Waals surface area contributed by atoms with Gasteiger partial charge in [0.2, 0.25) is 0 Å². The maximum absolute atomic E-state index is 9.29. The van der Waals surface area contributed by atoms with Crippen LogP contribution in [-0.4, -0.2) is 4.57 Å². The molecule has 116 valence electrons. The summed E-state index contributed by atoms with van der Waals surface area (Å²) in [6, 6.07) is 25.3. The number of aromatic nitrogens is 1. The van der Waals surface area contributed by atoms with Crippen molar-refractivity contribution in [3.8, 4) is 11.8 Å². The van der Waals surface area contributed by atoms with Gasteiger partial charge in [-0.2, -0.15) is 5.26 Å². The zero-order valence-electron chi connectivity index (χ0n) is 13.8. The van der Waals surface area contributed by atoms with Crippen molar-refractivity contribution in [1.29, 1.82) is 5.26 Å². The Hall–Kier alpha value is -3.05. The summed E-state index contributed by atoms with van der Waals surface area (Å²) in [4.78, 5) is 0. The molecule has 0 spiro atoms. The van der Waals surface area contributed by atoms with Crippen molar-refractivity contribution in [3.63, 3.8) is 0 Å². The number of hydrogen-bond donors (Lipinski definition) is 0. The number of para-hydroxylation sites is 1. The van der Waals surface area contributed by atoms with E-state index >= 15 is 0 Å². The molecule has 0 bridgehead atoms. The van der Waals surface area contributed by atoms with Gasteiger partial charge in [0.25, 0.3) is 0 Å². The van der Waals surface area contributed by atoms with Crippen LogP contribution >= 0.6 is 0 Å². The maximum atomic E-state index is 9.29. The van der Waals surface area contributed by atoms with Crippen LogP contribution in [0.4, 0.5) is 0 Å². The van der Waals surface area contributed by atoms with Crippen molar-refractivity contribution >= 4 is 21.8 Å². The van der Waals surface area contributed by atoms with Crippen LogP contribution in [0.15, 0.2) is 66.7 Å². The Kier molecular flexibility index (Phi) is 3.36. The summed E-state index contributed by atoms with van der Waals surface area (Å²) in [5.74, 6) is 0.479. The molecule has 24 heavy (non-hydrogen) atoms. The average molecular weight is 310 g/mol. The van der Waals surface area contributed by atoms with Crippen LogP contribution in [0.3, 0.4) is 0 Å². The predicted molar refractivity (Wildman–Crippen MR) is 99.6 cm³/mol. The van der Waals surface area contributed by atoms with E-state index in [1.807, 2.05) is 12.1 Å². The fourth-order valence-electron chi connectivity index (χ4n) is 3.34. The van der Waals surface area contributed by atoms with Gasteiger partial charge < -0.3 is 4.57 Å². The molecule has 2 heteroatoms. The van der Waals surface area contributed by atoms with Crippen LogP contribution in [0, 0.1) is 11.3 Å². The summed E-state index contributed by atoms with van der Waals surface area (Å²) in [5.41, 5.74) is 5.39. The Labute approximate surface area is 141 Å². The second kappa shape index (κ2) is 5.54. The fourth-order valence-corrected chi connectivity index (χ4v) is 3.34. The second-order valence-corrected chi connectivity index (χ2v) is 6.45. The summed E-state index contributed by atoms with van der Waals surface area (Å²) in [5, 5.41) is 11.7. The van der Waals surface area contributed by atoms with Crippen molar-refractivity contribution in [2.45, 2.75) is 19.8 Å². The van der Waals surface area contributed by atoms with E-state index in [1.165, 1.54) is 21.9 Å². The molecule has 0 saturated heterocycles. The SMILES string of the molecule is CC(C)c1cccc(-n2c3ccccc3c3ccc(C#N)cc32)c1. The molecular weight excluding hydrogens is 292 g/mol. The van der Waals surface area contributed by atoms with Crippen molar-refractivity contribution in [2.75, 3.05) is 0 Å². The zero-order valence-corrected chi connectivity index (χ0v) is 13.8. The highest BCUT2D eigenvalue weighted by molar-refractivity contribution is 6.09. The van der Waals surface area contributed by atoms with E-state index < -0.39 is 0 Å². The molecule has 0 N–H and O–H groups in total.